The maximum Gasteiger partial charge on any atom is 0.0975 e. The monoisotopic (exact) mass is 499 g/mol. The van der Waals surface area contributed by atoms with Gasteiger partial charge >= 0.3 is 0 Å². The van der Waals surface area contributed by atoms with Crippen LogP contribution in [0.2, 0.25) is 0 Å². The Morgan fingerprint density at radius 2 is 0.974 bits per heavy atom. The van der Waals surface area contributed by atoms with Crippen LogP contribution < -0.4 is 0 Å². The zero-order valence-electron chi connectivity index (χ0n) is 21.8. The van der Waals surface area contributed by atoms with Gasteiger partial charge in [0.15, 0.2) is 0 Å². The van der Waals surface area contributed by atoms with Crippen molar-refractivity contribution >= 4 is 54.4 Å². The second kappa shape index (κ2) is 8.24. The number of rotatable bonds is 2. The molecule has 0 radical (unpaired) electrons. The number of hydrogen-bond donors (Lipinski definition) is 0. The van der Waals surface area contributed by atoms with Crippen LogP contribution in [0.15, 0.2) is 115 Å². The zero-order valence-corrected chi connectivity index (χ0v) is 21.8. The van der Waals surface area contributed by atoms with Crippen LogP contribution in [-0.2, 0) is 0 Å². The van der Waals surface area contributed by atoms with E-state index in [1.807, 2.05) is 13.8 Å². The lowest BCUT2D eigenvalue weighted by atomic mass is 9.95. The van der Waals surface area contributed by atoms with E-state index in [-0.39, 0.29) is 0 Å². The van der Waals surface area contributed by atoms with Crippen molar-refractivity contribution in [3.05, 3.63) is 127 Å². The molecule has 2 aromatic heterocycles. The predicted octanol–water partition coefficient (Wildman–Crippen LogP) is 9.32. The van der Waals surface area contributed by atoms with E-state index in [1.165, 1.54) is 43.7 Å². The third-order valence-electron chi connectivity index (χ3n) is 8.07. The van der Waals surface area contributed by atoms with Crippen LogP contribution in [0.4, 0.5) is 0 Å². The van der Waals surface area contributed by atoms with Crippen molar-refractivity contribution in [2.75, 3.05) is 0 Å². The molecule has 0 N–H and O–H groups in total. The van der Waals surface area contributed by atoms with Gasteiger partial charge in [0.25, 0.3) is 0 Å². The van der Waals surface area contributed by atoms with Crippen molar-refractivity contribution in [1.82, 2.24) is 14.5 Å². The van der Waals surface area contributed by atoms with Crippen LogP contribution >= 0.6 is 0 Å². The summed E-state index contributed by atoms with van der Waals surface area (Å²) in [5.74, 6) is 0. The number of aromatic nitrogens is 3. The number of para-hydroxylation sites is 2. The van der Waals surface area contributed by atoms with Gasteiger partial charge in [0.1, 0.15) is 0 Å². The molecule has 6 aromatic carbocycles. The van der Waals surface area contributed by atoms with Crippen molar-refractivity contribution in [3.8, 4) is 16.8 Å². The van der Waals surface area contributed by atoms with E-state index in [2.05, 4.69) is 120 Å². The fourth-order valence-electron chi connectivity index (χ4n) is 6.08. The van der Waals surface area contributed by atoms with E-state index in [0.717, 1.165) is 38.9 Å². The van der Waals surface area contributed by atoms with E-state index >= 15 is 0 Å². The number of fused-ring (bicyclic) bond motifs is 9. The highest BCUT2D eigenvalue weighted by molar-refractivity contribution is 6.23. The van der Waals surface area contributed by atoms with Gasteiger partial charge in [0.05, 0.1) is 33.5 Å². The molecule has 0 atom stereocenters. The molecule has 0 unspecified atom stereocenters. The molecule has 0 aliphatic carbocycles. The average Bonchev–Trinajstić information content (AvgIpc) is 3.32. The molecule has 2 heterocycles. The topological polar surface area (TPSA) is 30.7 Å². The summed E-state index contributed by atoms with van der Waals surface area (Å²) >= 11 is 0. The highest BCUT2D eigenvalue weighted by atomic mass is 15.0. The minimum Gasteiger partial charge on any atom is -0.309 e. The lowest BCUT2D eigenvalue weighted by Gasteiger charge is -2.13. The first-order valence-corrected chi connectivity index (χ1v) is 13.4. The van der Waals surface area contributed by atoms with E-state index in [4.69, 9.17) is 9.97 Å². The molecule has 0 saturated carbocycles. The van der Waals surface area contributed by atoms with Gasteiger partial charge in [0.2, 0.25) is 0 Å². The van der Waals surface area contributed by atoms with Gasteiger partial charge < -0.3 is 4.57 Å². The highest BCUT2D eigenvalue weighted by Crippen LogP contribution is 2.37. The van der Waals surface area contributed by atoms with Crippen LogP contribution in [-0.4, -0.2) is 14.5 Å². The van der Waals surface area contributed by atoms with Crippen molar-refractivity contribution in [2.45, 2.75) is 13.8 Å². The number of nitrogens with zero attached hydrogens (tertiary/aromatic N) is 3. The van der Waals surface area contributed by atoms with Gasteiger partial charge in [-0.2, -0.15) is 0 Å². The zero-order chi connectivity index (χ0) is 26.1. The van der Waals surface area contributed by atoms with Gasteiger partial charge in [-0.1, -0.05) is 84.9 Å². The van der Waals surface area contributed by atoms with Crippen molar-refractivity contribution < 1.29 is 0 Å². The van der Waals surface area contributed by atoms with Gasteiger partial charge in [-0.15, -0.1) is 0 Å². The standard InChI is InChI=1S/C36H25N3/c1-22-23(2)38-36-31-19-18-25(21-32(31)27-12-3-4-15-30(27)35(36)37-22)24-10-9-11-26(20-24)39-33-16-7-5-13-28(33)29-14-6-8-17-34(29)39/h3-21H,1-2H3. The SMILES string of the molecule is Cc1nc2c3ccccc3c3cc(-c4cccc(-n5c6ccccc6c6ccccc65)c4)ccc3c2nc1C. The summed E-state index contributed by atoms with van der Waals surface area (Å²) in [6, 6.07) is 41.5. The summed E-state index contributed by atoms with van der Waals surface area (Å²) in [7, 11) is 0. The molecule has 0 bridgehead atoms. The molecule has 0 fully saturated rings. The average molecular weight is 500 g/mol. The molecule has 0 aliphatic rings. The van der Waals surface area contributed by atoms with Crippen LogP contribution in [0, 0.1) is 13.8 Å². The molecule has 39 heavy (non-hydrogen) atoms. The Morgan fingerprint density at radius 1 is 0.436 bits per heavy atom. The Bertz CT molecular complexity index is 2200. The smallest absolute Gasteiger partial charge is 0.0975 e. The number of aryl methyl sites for hydroxylation is 2. The molecule has 8 aromatic rings. The normalized spacial score (nSPS) is 11.8. The second-order valence-corrected chi connectivity index (χ2v) is 10.3. The maximum absolute atomic E-state index is 5.00. The molecule has 8 rings (SSSR count). The molecule has 0 saturated heterocycles. The number of benzene rings is 6. The summed E-state index contributed by atoms with van der Waals surface area (Å²) in [4.78, 5) is 9.95. The van der Waals surface area contributed by atoms with E-state index in [0.29, 0.717) is 0 Å². The Balaban J connectivity index is 1.38. The summed E-state index contributed by atoms with van der Waals surface area (Å²) in [6.07, 6.45) is 0. The molecule has 184 valence electrons. The third-order valence-corrected chi connectivity index (χ3v) is 8.07. The Kier molecular flexibility index (Phi) is 4.65. The van der Waals surface area contributed by atoms with E-state index < -0.39 is 0 Å². The third kappa shape index (κ3) is 3.23. The molecule has 0 amide bonds. The van der Waals surface area contributed by atoms with Gasteiger partial charge in [0, 0.05) is 27.2 Å². The van der Waals surface area contributed by atoms with Crippen LogP contribution in [0.25, 0.3) is 71.2 Å². The lowest BCUT2D eigenvalue weighted by molar-refractivity contribution is 1.11. The van der Waals surface area contributed by atoms with E-state index in [9.17, 15) is 0 Å². The second-order valence-electron chi connectivity index (χ2n) is 10.3. The first kappa shape index (κ1) is 22.0. The van der Waals surface area contributed by atoms with Gasteiger partial charge in [-0.3, -0.25) is 0 Å². The predicted molar refractivity (Wildman–Crippen MR) is 164 cm³/mol. The lowest BCUT2D eigenvalue weighted by Crippen LogP contribution is -1.96. The molecular weight excluding hydrogens is 474 g/mol. The van der Waals surface area contributed by atoms with Crippen molar-refractivity contribution in [1.29, 1.82) is 0 Å². The Labute approximate surface area is 226 Å². The highest BCUT2D eigenvalue weighted by Gasteiger charge is 2.15. The van der Waals surface area contributed by atoms with Crippen LogP contribution in [0.1, 0.15) is 11.4 Å². The maximum atomic E-state index is 5.00. The molecule has 0 aliphatic heterocycles. The number of hydrogen-bond acceptors (Lipinski definition) is 2. The fraction of sp³-hybridized carbons (Fsp3) is 0.0556. The van der Waals surface area contributed by atoms with Crippen molar-refractivity contribution in [3.63, 3.8) is 0 Å². The minimum atomic E-state index is 0.970. The summed E-state index contributed by atoms with van der Waals surface area (Å²) < 4.78 is 2.37. The summed E-state index contributed by atoms with van der Waals surface area (Å²) in [5, 5.41) is 7.24. The molecule has 3 nitrogen and oxygen atoms in total. The summed E-state index contributed by atoms with van der Waals surface area (Å²) in [6.45, 7) is 4.07. The Hall–Kier alpha value is -5.02. The van der Waals surface area contributed by atoms with Gasteiger partial charge in [-0.05, 0) is 66.1 Å². The minimum absolute atomic E-state index is 0.970. The largest absolute Gasteiger partial charge is 0.309 e. The van der Waals surface area contributed by atoms with Crippen LogP contribution in [0.3, 0.4) is 0 Å². The first-order valence-electron chi connectivity index (χ1n) is 13.4. The molecule has 0 spiro atoms. The fourth-order valence-corrected chi connectivity index (χ4v) is 6.08. The molecule has 3 heteroatoms. The van der Waals surface area contributed by atoms with Crippen LogP contribution in [0.5, 0.6) is 0 Å². The van der Waals surface area contributed by atoms with Crippen molar-refractivity contribution in [2.24, 2.45) is 0 Å². The van der Waals surface area contributed by atoms with Gasteiger partial charge in [-0.25, -0.2) is 9.97 Å². The quantitative estimate of drug-likeness (QED) is 0.222. The Morgan fingerprint density at radius 3 is 1.64 bits per heavy atom. The first-order chi connectivity index (χ1) is 19.2. The molecular formula is C36H25N3. The van der Waals surface area contributed by atoms with E-state index in [1.54, 1.807) is 0 Å². The summed E-state index contributed by atoms with van der Waals surface area (Å²) in [5.41, 5.74) is 9.86.